The van der Waals surface area contributed by atoms with Gasteiger partial charge in [0, 0.05) is 6.54 Å². The maximum Gasteiger partial charge on any atom is 0.414 e. The largest absolute Gasteiger partial charge is 0.464 e. The molecule has 0 aromatic carbocycles. The van der Waals surface area contributed by atoms with Crippen LogP contribution in [0.15, 0.2) is 11.8 Å². The third-order valence-electron chi connectivity index (χ3n) is 5.12. The van der Waals surface area contributed by atoms with Gasteiger partial charge in [-0.1, -0.05) is 41.5 Å². The van der Waals surface area contributed by atoms with Gasteiger partial charge in [0.15, 0.2) is 0 Å². The second-order valence-corrected chi connectivity index (χ2v) is 12.8. The van der Waals surface area contributed by atoms with Crippen LogP contribution in [0.3, 0.4) is 0 Å². The molecule has 0 aromatic heterocycles. The van der Waals surface area contributed by atoms with Crippen LogP contribution in [0.1, 0.15) is 48.0 Å². The molecule has 144 valence electrons. The monoisotopic (exact) mass is 371 g/mol. The quantitative estimate of drug-likeness (QED) is 0.520. The first-order valence-corrected chi connectivity index (χ1v) is 11.1. The average Bonchev–Trinajstić information content (AvgIpc) is 2.56. The standard InChI is InChI=1S/C18H33NO5Si/c1-12(2)25(13(3)4,14(5)6)24-15-9-10-19(18(21)23-8)16(11-15)17(20)22-7/h11-15H,9-10H2,1-8H3/t15-/m0/s1. The summed E-state index contributed by atoms with van der Waals surface area (Å²) < 4.78 is 16.3. The lowest BCUT2D eigenvalue weighted by Gasteiger charge is -2.45. The summed E-state index contributed by atoms with van der Waals surface area (Å²) in [5.74, 6) is -0.551. The van der Waals surface area contributed by atoms with Crippen molar-refractivity contribution in [3.63, 3.8) is 0 Å². The van der Waals surface area contributed by atoms with Gasteiger partial charge in [0.2, 0.25) is 8.32 Å². The molecule has 1 aliphatic rings. The SMILES string of the molecule is COC(=O)C1=C[C@@H](O[Si](C(C)C)(C(C)C)C(C)C)CCN1C(=O)OC. The highest BCUT2D eigenvalue weighted by Gasteiger charge is 2.47. The molecule has 0 unspecified atom stereocenters. The van der Waals surface area contributed by atoms with Gasteiger partial charge in [-0.25, -0.2) is 9.59 Å². The van der Waals surface area contributed by atoms with E-state index in [1.165, 1.54) is 19.1 Å². The number of nitrogens with zero attached hydrogens (tertiary/aromatic N) is 1. The topological polar surface area (TPSA) is 65.1 Å². The molecule has 0 bridgehead atoms. The Morgan fingerprint density at radius 1 is 1.04 bits per heavy atom. The van der Waals surface area contributed by atoms with Gasteiger partial charge in [-0.15, -0.1) is 0 Å². The van der Waals surface area contributed by atoms with Crippen molar-refractivity contribution >= 4 is 20.4 Å². The van der Waals surface area contributed by atoms with Gasteiger partial charge in [-0.05, 0) is 29.1 Å². The van der Waals surface area contributed by atoms with Crippen LogP contribution >= 0.6 is 0 Å². The van der Waals surface area contributed by atoms with Crippen molar-refractivity contribution in [3.05, 3.63) is 11.8 Å². The van der Waals surface area contributed by atoms with Crippen LogP contribution in [-0.4, -0.2) is 52.1 Å². The van der Waals surface area contributed by atoms with Crippen LogP contribution in [-0.2, 0) is 18.7 Å². The Morgan fingerprint density at radius 3 is 1.96 bits per heavy atom. The molecule has 6 nitrogen and oxygen atoms in total. The molecule has 0 fully saturated rings. The van der Waals surface area contributed by atoms with Crippen LogP contribution in [0.4, 0.5) is 4.79 Å². The molecule has 25 heavy (non-hydrogen) atoms. The minimum atomic E-state index is -2.08. The number of ether oxygens (including phenoxy) is 2. The predicted octanol–water partition coefficient (Wildman–Crippen LogP) is 4.08. The summed E-state index contributed by atoms with van der Waals surface area (Å²) in [5, 5.41) is 0. The number of carbonyl (C=O) groups is 2. The molecule has 7 heteroatoms. The Hall–Kier alpha value is -1.34. The lowest BCUT2D eigenvalue weighted by Crippen LogP contribution is -2.51. The second kappa shape index (κ2) is 8.85. The molecule has 0 spiro atoms. The van der Waals surface area contributed by atoms with Gasteiger partial charge in [0.1, 0.15) is 5.70 Å². The zero-order chi connectivity index (χ0) is 19.4. The van der Waals surface area contributed by atoms with Gasteiger partial charge in [-0.3, -0.25) is 4.90 Å². The van der Waals surface area contributed by atoms with Crippen LogP contribution in [0.5, 0.6) is 0 Å². The summed E-state index contributed by atoms with van der Waals surface area (Å²) in [6.07, 6.45) is 1.60. The normalized spacial score (nSPS) is 18.6. The fraction of sp³-hybridized carbons (Fsp3) is 0.778. The van der Waals surface area contributed by atoms with E-state index >= 15 is 0 Å². The van der Waals surface area contributed by atoms with E-state index in [-0.39, 0.29) is 11.8 Å². The number of amides is 1. The maximum absolute atomic E-state index is 12.1. The van der Waals surface area contributed by atoms with E-state index in [9.17, 15) is 9.59 Å². The second-order valence-electron chi connectivity index (χ2n) is 7.43. The number of carbonyl (C=O) groups excluding carboxylic acids is 2. The summed E-state index contributed by atoms with van der Waals surface area (Å²) in [4.78, 5) is 25.4. The van der Waals surface area contributed by atoms with Crippen molar-refractivity contribution in [2.75, 3.05) is 20.8 Å². The molecule has 0 saturated heterocycles. The minimum Gasteiger partial charge on any atom is -0.464 e. The lowest BCUT2D eigenvalue weighted by molar-refractivity contribution is -0.138. The van der Waals surface area contributed by atoms with Gasteiger partial charge in [-0.2, -0.15) is 0 Å². The van der Waals surface area contributed by atoms with E-state index in [4.69, 9.17) is 13.9 Å². The first-order chi connectivity index (χ1) is 11.6. The molecule has 1 atom stereocenters. The van der Waals surface area contributed by atoms with Crippen LogP contribution < -0.4 is 0 Å². The van der Waals surface area contributed by atoms with Crippen molar-refractivity contribution in [2.45, 2.75) is 70.7 Å². The van der Waals surface area contributed by atoms with E-state index in [1.54, 1.807) is 6.08 Å². The summed E-state index contributed by atoms with van der Waals surface area (Å²) in [5.41, 5.74) is 1.54. The van der Waals surface area contributed by atoms with Crippen molar-refractivity contribution < 1.29 is 23.5 Å². The Labute approximate surface area is 152 Å². The molecule has 0 N–H and O–H groups in total. The van der Waals surface area contributed by atoms with E-state index in [0.29, 0.717) is 29.6 Å². The highest BCUT2D eigenvalue weighted by molar-refractivity contribution is 6.77. The van der Waals surface area contributed by atoms with Gasteiger partial charge in [0.05, 0.1) is 20.3 Å². The predicted molar refractivity (Wildman–Crippen MR) is 99.7 cm³/mol. The van der Waals surface area contributed by atoms with Crippen molar-refractivity contribution in [2.24, 2.45) is 0 Å². The van der Waals surface area contributed by atoms with Crippen LogP contribution in [0.25, 0.3) is 0 Å². The number of hydrogen-bond acceptors (Lipinski definition) is 5. The summed E-state index contributed by atoms with van der Waals surface area (Å²) >= 11 is 0. The minimum absolute atomic E-state index is 0.199. The highest BCUT2D eigenvalue weighted by atomic mass is 28.4. The number of esters is 1. The first-order valence-electron chi connectivity index (χ1n) is 8.95. The molecule has 1 amide bonds. The zero-order valence-corrected chi connectivity index (χ0v) is 17.8. The molecule has 1 heterocycles. The summed E-state index contributed by atoms with van der Waals surface area (Å²) in [7, 11) is 0.525. The third-order valence-corrected chi connectivity index (χ3v) is 11.2. The molecular formula is C18H33NO5Si. The van der Waals surface area contributed by atoms with Crippen LogP contribution in [0.2, 0.25) is 16.6 Å². The Bertz CT molecular complexity index is 494. The summed E-state index contributed by atoms with van der Waals surface area (Å²) in [6, 6.07) is 0. The fourth-order valence-electron chi connectivity index (χ4n) is 4.07. The highest BCUT2D eigenvalue weighted by Crippen LogP contribution is 2.43. The molecule has 0 aromatic rings. The molecule has 1 aliphatic heterocycles. The number of rotatable bonds is 6. The third kappa shape index (κ3) is 4.44. The van der Waals surface area contributed by atoms with Gasteiger partial charge >= 0.3 is 12.1 Å². The van der Waals surface area contributed by atoms with Crippen molar-refractivity contribution in [1.82, 2.24) is 4.90 Å². The Morgan fingerprint density at radius 2 is 1.56 bits per heavy atom. The zero-order valence-electron chi connectivity index (χ0n) is 16.8. The molecular weight excluding hydrogens is 338 g/mol. The van der Waals surface area contributed by atoms with Gasteiger partial charge < -0.3 is 13.9 Å². The molecule has 0 aliphatic carbocycles. The van der Waals surface area contributed by atoms with Crippen molar-refractivity contribution in [1.29, 1.82) is 0 Å². The van der Waals surface area contributed by atoms with Crippen LogP contribution in [0, 0.1) is 0 Å². The smallest absolute Gasteiger partial charge is 0.414 e. The molecule has 0 saturated carbocycles. The van der Waals surface area contributed by atoms with Gasteiger partial charge in [0.25, 0.3) is 0 Å². The Kier molecular flexibility index (Phi) is 7.68. The van der Waals surface area contributed by atoms with E-state index in [2.05, 4.69) is 41.5 Å². The number of hydrogen-bond donors (Lipinski definition) is 0. The Balaban J connectivity index is 3.20. The molecule has 1 rings (SSSR count). The van der Waals surface area contributed by atoms with E-state index < -0.39 is 20.4 Å². The average molecular weight is 372 g/mol. The van der Waals surface area contributed by atoms with E-state index in [1.807, 2.05) is 0 Å². The first kappa shape index (κ1) is 21.7. The summed E-state index contributed by atoms with van der Waals surface area (Å²) in [6.45, 7) is 13.7. The number of methoxy groups -OCH3 is 2. The fourth-order valence-corrected chi connectivity index (χ4v) is 9.60. The van der Waals surface area contributed by atoms with Crippen molar-refractivity contribution in [3.8, 4) is 0 Å². The molecule has 0 radical (unpaired) electrons. The lowest BCUT2D eigenvalue weighted by atomic mass is 10.1. The van der Waals surface area contributed by atoms with E-state index in [0.717, 1.165) is 0 Å². The maximum atomic E-state index is 12.1.